The average molecular weight is 363 g/mol. The molecule has 3 nitrogen and oxygen atoms in total. The van der Waals surface area contributed by atoms with Crippen LogP contribution in [0.1, 0.15) is 49.6 Å². The molecule has 27 heavy (non-hydrogen) atoms. The van der Waals surface area contributed by atoms with Crippen molar-refractivity contribution in [1.29, 1.82) is 0 Å². The van der Waals surface area contributed by atoms with E-state index in [1.165, 1.54) is 18.2 Å². The van der Waals surface area contributed by atoms with Gasteiger partial charge in [0.25, 0.3) is 0 Å². The molecule has 0 N–H and O–H groups in total. The molecule has 1 fully saturated rings. The predicted molar refractivity (Wildman–Crippen MR) is 98.2 cm³/mol. The van der Waals surface area contributed by atoms with Crippen LogP contribution in [-0.4, -0.2) is 15.2 Å². The number of rotatable bonds is 2. The fourth-order valence-corrected chi connectivity index (χ4v) is 5.37. The molecule has 2 bridgehead atoms. The number of benzene rings is 1. The van der Waals surface area contributed by atoms with Gasteiger partial charge >= 0.3 is 0 Å². The molecule has 1 aromatic carbocycles. The van der Waals surface area contributed by atoms with E-state index in [4.69, 9.17) is 0 Å². The van der Waals surface area contributed by atoms with E-state index in [2.05, 4.69) is 29.0 Å². The maximum atomic E-state index is 14.3. The van der Waals surface area contributed by atoms with E-state index >= 15 is 0 Å². The molecule has 1 saturated carbocycles. The molecule has 136 valence electrons. The minimum Gasteiger partial charge on any atom is -0.260 e. The van der Waals surface area contributed by atoms with Crippen LogP contribution in [0.5, 0.6) is 0 Å². The Kier molecular flexibility index (Phi) is 3.30. The van der Waals surface area contributed by atoms with Crippen LogP contribution in [0.25, 0.3) is 11.3 Å². The second-order valence-corrected chi connectivity index (χ2v) is 8.06. The van der Waals surface area contributed by atoms with Gasteiger partial charge in [-0.1, -0.05) is 26.0 Å². The third-order valence-corrected chi connectivity index (χ3v) is 6.70. The van der Waals surface area contributed by atoms with E-state index in [9.17, 15) is 8.78 Å². The van der Waals surface area contributed by atoms with Gasteiger partial charge in [0.15, 0.2) is 0 Å². The molecule has 5 heteroatoms. The first-order chi connectivity index (χ1) is 13.0. The summed E-state index contributed by atoms with van der Waals surface area (Å²) in [7, 11) is 0. The Morgan fingerprint density at radius 3 is 2.48 bits per heavy atom. The molecule has 0 aliphatic heterocycles. The molecule has 2 atom stereocenters. The topological polar surface area (TPSA) is 38.7 Å². The van der Waals surface area contributed by atoms with Gasteiger partial charge in [0, 0.05) is 6.20 Å². The zero-order chi connectivity index (χ0) is 18.8. The Hall–Kier alpha value is -2.69. The maximum Gasteiger partial charge on any atom is 0.135 e. The van der Waals surface area contributed by atoms with Gasteiger partial charge < -0.3 is 0 Å². The summed E-state index contributed by atoms with van der Waals surface area (Å²) in [5.41, 5.74) is 2.69. The number of fused-ring (bicyclic) bond motifs is 5. The van der Waals surface area contributed by atoms with E-state index < -0.39 is 11.6 Å². The summed E-state index contributed by atoms with van der Waals surface area (Å²) in [6.07, 6.45) is 3.76. The lowest BCUT2D eigenvalue weighted by molar-refractivity contribution is 0.243. The highest BCUT2D eigenvalue weighted by molar-refractivity contribution is 5.64. The van der Waals surface area contributed by atoms with Crippen molar-refractivity contribution >= 4 is 0 Å². The van der Waals surface area contributed by atoms with Crippen LogP contribution in [0.15, 0.2) is 48.7 Å². The van der Waals surface area contributed by atoms with E-state index in [1.54, 1.807) is 0 Å². The Morgan fingerprint density at radius 2 is 1.78 bits per heavy atom. The maximum absolute atomic E-state index is 14.3. The monoisotopic (exact) mass is 363 g/mol. The van der Waals surface area contributed by atoms with Crippen LogP contribution in [0.4, 0.5) is 8.78 Å². The summed E-state index contributed by atoms with van der Waals surface area (Å²) in [5.74, 6) is -0.976. The summed E-state index contributed by atoms with van der Waals surface area (Å²) >= 11 is 0. The van der Waals surface area contributed by atoms with Gasteiger partial charge in [-0.15, -0.1) is 5.10 Å². The van der Waals surface area contributed by atoms with Crippen molar-refractivity contribution in [3.05, 3.63) is 77.2 Å². The Balaban J connectivity index is 1.74. The summed E-state index contributed by atoms with van der Waals surface area (Å²) in [5, 5.41) is 8.76. The van der Waals surface area contributed by atoms with Gasteiger partial charge in [0.1, 0.15) is 11.6 Å². The summed E-state index contributed by atoms with van der Waals surface area (Å²) in [6, 6.07) is 11.6. The van der Waals surface area contributed by atoms with Crippen molar-refractivity contribution in [2.24, 2.45) is 5.41 Å². The Bertz CT molecular complexity index is 1030. The molecule has 2 heterocycles. The third-order valence-electron chi connectivity index (χ3n) is 6.70. The highest BCUT2D eigenvalue weighted by Gasteiger charge is 2.64. The van der Waals surface area contributed by atoms with Gasteiger partial charge in [0.2, 0.25) is 0 Å². The molecule has 2 aromatic heterocycles. The van der Waals surface area contributed by atoms with E-state index in [1.807, 2.05) is 30.5 Å². The van der Waals surface area contributed by atoms with Gasteiger partial charge in [-0.2, -0.15) is 5.10 Å². The van der Waals surface area contributed by atoms with Crippen LogP contribution in [0, 0.1) is 17.0 Å². The molecule has 3 aromatic rings. The first kappa shape index (κ1) is 16.5. The second kappa shape index (κ2) is 5.41. The predicted octanol–water partition coefficient (Wildman–Crippen LogP) is 5.02. The van der Waals surface area contributed by atoms with Crippen molar-refractivity contribution in [2.45, 2.75) is 38.0 Å². The van der Waals surface area contributed by atoms with Crippen molar-refractivity contribution in [3.8, 4) is 11.3 Å². The first-order valence-electron chi connectivity index (χ1n) is 9.21. The minimum absolute atomic E-state index is 0.0925. The Morgan fingerprint density at radius 1 is 1.00 bits per heavy atom. The molecular formula is C22H19F2N3. The molecule has 0 saturated heterocycles. The molecular weight excluding hydrogens is 344 g/mol. The second-order valence-electron chi connectivity index (χ2n) is 8.06. The van der Waals surface area contributed by atoms with Gasteiger partial charge in [-0.05, 0) is 60.1 Å². The normalized spacial score (nSPS) is 24.8. The summed E-state index contributed by atoms with van der Waals surface area (Å²) in [4.78, 5) is 4.65. The number of aromatic nitrogens is 3. The summed E-state index contributed by atoms with van der Waals surface area (Å²) in [6.45, 7) is 4.48. The van der Waals surface area contributed by atoms with Crippen LogP contribution in [-0.2, 0) is 5.41 Å². The highest BCUT2D eigenvalue weighted by atomic mass is 19.1. The van der Waals surface area contributed by atoms with Crippen molar-refractivity contribution in [2.75, 3.05) is 0 Å². The smallest absolute Gasteiger partial charge is 0.135 e. The minimum atomic E-state index is -0.619. The lowest BCUT2D eigenvalue weighted by Gasteiger charge is -2.37. The van der Waals surface area contributed by atoms with Gasteiger partial charge in [0.05, 0.1) is 28.1 Å². The molecule has 0 amide bonds. The molecule has 5 rings (SSSR count). The fourth-order valence-electron chi connectivity index (χ4n) is 5.37. The average Bonchev–Trinajstić information content (AvgIpc) is 3.04. The number of halogens is 2. The highest BCUT2D eigenvalue weighted by Crippen LogP contribution is 2.69. The fraction of sp³-hybridized carbons (Fsp3) is 0.318. The molecule has 2 aliphatic carbocycles. The number of hydrogen-bond donors (Lipinski definition) is 0. The SMILES string of the molecule is CC1(C)[C@H]2CC[C@]1(c1ccccn1)c1nnc(-c3c(F)cccc3F)cc12. The largest absolute Gasteiger partial charge is 0.260 e. The summed E-state index contributed by atoms with van der Waals surface area (Å²) < 4.78 is 28.5. The third kappa shape index (κ3) is 1.97. The molecule has 0 radical (unpaired) electrons. The van der Waals surface area contributed by atoms with Crippen molar-refractivity contribution in [1.82, 2.24) is 15.2 Å². The number of nitrogens with zero attached hydrogens (tertiary/aromatic N) is 3. The van der Waals surface area contributed by atoms with Crippen LogP contribution in [0.3, 0.4) is 0 Å². The standard InChI is InChI=1S/C22H19F2N3/c1-21(2)14-9-10-22(21,18-8-3-4-11-25-18)20-13(14)12-17(26-27-20)19-15(23)6-5-7-16(19)24/h3-8,11-12,14H,9-10H2,1-2H3/t14-,22-/m0/s1. The van der Waals surface area contributed by atoms with Gasteiger partial charge in [-0.25, -0.2) is 8.78 Å². The van der Waals surface area contributed by atoms with Crippen LogP contribution in [0.2, 0.25) is 0 Å². The molecule has 0 spiro atoms. The van der Waals surface area contributed by atoms with E-state index in [0.29, 0.717) is 0 Å². The zero-order valence-corrected chi connectivity index (χ0v) is 15.2. The van der Waals surface area contributed by atoms with E-state index in [-0.39, 0.29) is 28.0 Å². The van der Waals surface area contributed by atoms with Crippen molar-refractivity contribution in [3.63, 3.8) is 0 Å². The van der Waals surface area contributed by atoms with E-state index in [0.717, 1.165) is 29.8 Å². The zero-order valence-electron chi connectivity index (χ0n) is 15.2. The lowest BCUT2D eigenvalue weighted by atomic mass is 9.66. The van der Waals surface area contributed by atoms with Crippen molar-refractivity contribution < 1.29 is 8.78 Å². The van der Waals surface area contributed by atoms with Gasteiger partial charge in [-0.3, -0.25) is 4.98 Å². The number of hydrogen-bond acceptors (Lipinski definition) is 3. The Labute approximate surface area is 156 Å². The quantitative estimate of drug-likeness (QED) is 0.642. The lowest BCUT2D eigenvalue weighted by Crippen LogP contribution is -2.37. The first-order valence-corrected chi connectivity index (χ1v) is 9.21. The molecule has 2 aliphatic rings. The molecule has 0 unspecified atom stereocenters. The van der Waals surface area contributed by atoms with Crippen LogP contribution >= 0.6 is 0 Å². The number of pyridine rings is 1. The van der Waals surface area contributed by atoms with Crippen LogP contribution < -0.4 is 0 Å².